The van der Waals surface area contributed by atoms with E-state index in [1.54, 1.807) is 25.1 Å². The van der Waals surface area contributed by atoms with Gasteiger partial charge in [0.05, 0.1) is 37.0 Å². The number of nitrogens with zero attached hydrogens (tertiary/aromatic N) is 2. The van der Waals surface area contributed by atoms with Crippen molar-refractivity contribution in [3.05, 3.63) is 23.8 Å². The summed E-state index contributed by atoms with van der Waals surface area (Å²) in [5.41, 5.74) is 0.398. The fraction of sp³-hybridized carbons (Fsp3) is 0.500. The zero-order chi connectivity index (χ0) is 17.9. The average molecular weight is 343 g/mol. The molecule has 132 valence electrons. The summed E-state index contributed by atoms with van der Waals surface area (Å²) in [6, 6.07) is 7.26. The van der Waals surface area contributed by atoms with E-state index in [9.17, 15) is 14.9 Å². The number of hydrogen-bond acceptors (Lipinski definition) is 6. The number of ether oxygens (including phenoxy) is 2. The van der Waals surface area contributed by atoms with Gasteiger partial charge in [0.2, 0.25) is 5.91 Å². The average Bonchev–Trinajstić information content (AvgIpc) is 2.58. The van der Waals surface area contributed by atoms with Crippen LogP contribution in [0.15, 0.2) is 18.2 Å². The van der Waals surface area contributed by atoms with Crippen LogP contribution in [0.25, 0.3) is 0 Å². The highest BCUT2D eigenvalue weighted by Gasteiger charge is 2.39. The molecule has 1 saturated carbocycles. The van der Waals surface area contributed by atoms with Crippen LogP contribution in [0.5, 0.6) is 5.75 Å². The first-order valence-corrected chi connectivity index (χ1v) is 8.48. The molecule has 1 amide bonds. The number of carbonyl (C=O) groups is 2. The molecule has 1 aromatic rings. The van der Waals surface area contributed by atoms with Gasteiger partial charge >= 0.3 is 5.97 Å². The van der Waals surface area contributed by atoms with Gasteiger partial charge in [0.25, 0.3) is 0 Å². The lowest BCUT2D eigenvalue weighted by molar-refractivity contribution is -0.121. The Morgan fingerprint density at radius 1 is 1.44 bits per heavy atom. The summed E-state index contributed by atoms with van der Waals surface area (Å²) >= 11 is 0. The van der Waals surface area contributed by atoms with E-state index in [0.29, 0.717) is 49.6 Å². The third-order valence-corrected chi connectivity index (χ3v) is 4.56. The second-order valence-corrected chi connectivity index (χ2v) is 6.27. The minimum atomic E-state index is -0.709. The molecule has 7 heteroatoms. The van der Waals surface area contributed by atoms with Crippen molar-refractivity contribution in [2.24, 2.45) is 0 Å². The monoisotopic (exact) mass is 343 g/mol. The van der Waals surface area contributed by atoms with Gasteiger partial charge in [-0.25, -0.2) is 4.79 Å². The van der Waals surface area contributed by atoms with Crippen LogP contribution in [0, 0.1) is 11.3 Å². The molecule has 0 aromatic heterocycles. The third kappa shape index (κ3) is 3.53. The maximum atomic E-state index is 12.4. The molecule has 0 radical (unpaired) electrons. The Hall–Kier alpha value is -2.75. The first kappa shape index (κ1) is 17.1. The number of anilines is 1. The van der Waals surface area contributed by atoms with Gasteiger partial charge in [0.1, 0.15) is 17.9 Å². The van der Waals surface area contributed by atoms with Gasteiger partial charge in [0.15, 0.2) is 0 Å². The Labute approximate surface area is 146 Å². The van der Waals surface area contributed by atoms with Crippen LogP contribution in [-0.2, 0) is 9.53 Å². The summed E-state index contributed by atoms with van der Waals surface area (Å²) in [6.45, 7) is 3.16. The second-order valence-electron chi connectivity index (χ2n) is 6.27. The molecule has 3 rings (SSSR count). The Morgan fingerprint density at radius 2 is 2.24 bits per heavy atom. The molecule has 1 aromatic carbocycles. The number of nitriles is 1. The molecule has 1 aliphatic heterocycles. The largest absolute Gasteiger partial charge is 0.490 e. The van der Waals surface area contributed by atoms with Crippen LogP contribution < -0.4 is 15.0 Å². The standard InChI is InChI=1S/C18H21N3O4/c1-2-24-17(23)13-4-5-15-14(10-13)21(8-9-25-15)11-16(22)20-18(12-19)6-3-7-18/h4-5,10H,2-3,6-9,11H2,1H3,(H,20,22). The van der Waals surface area contributed by atoms with Gasteiger partial charge in [-0.15, -0.1) is 0 Å². The van der Waals surface area contributed by atoms with Crippen LogP contribution >= 0.6 is 0 Å². The quantitative estimate of drug-likeness (QED) is 0.817. The predicted molar refractivity (Wildman–Crippen MR) is 90.4 cm³/mol. The number of benzene rings is 1. The number of fused-ring (bicyclic) bond motifs is 1. The van der Waals surface area contributed by atoms with Crippen LogP contribution in [0.2, 0.25) is 0 Å². The Kier molecular flexibility index (Phi) is 4.79. The van der Waals surface area contributed by atoms with E-state index in [-0.39, 0.29) is 12.5 Å². The molecule has 0 unspecified atom stereocenters. The Balaban J connectivity index is 1.74. The molecular weight excluding hydrogens is 322 g/mol. The number of rotatable bonds is 5. The fourth-order valence-corrected chi connectivity index (χ4v) is 3.05. The number of nitrogens with one attached hydrogen (secondary N) is 1. The SMILES string of the molecule is CCOC(=O)c1ccc2c(c1)N(CC(=O)NC1(C#N)CCC1)CCO2. The van der Waals surface area contributed by atoms with Gasteiger partial charge < -0.3 is 19.7 Å². The lowest BCUT2D eigenvalue weighted by Gasteiger charge is -2.37. The summed E-state index contributed by atoms with van der Waals surface area (Å²) < 4.78 is 10.6. The molecule has 0 spiro atoms. The van der Waals surface area contributed by atoms with Crippen LogP contribution in [0.1, 0.15) is 36.5 Å². The first-order valence-electron chi connectivity index (χ1n) is 8.48. The van der Waals surface area contributed by atoms with Crippen LogP contribution in [0.4, 0.5) is 5.69 Å². The van der Waals surface area contributed by atoms with E-state index in [0.717, 1.165) is 6.42 Å². The van der Waals surface area contributed by atoms with E-state index < -0.39 is 11.5 Å². The Bertz CT molecular complexity index is 722. The molecule has 1 N–H and O–H groups in total. The molecule has 1 heterocycles. The molecule has 0 atom stereocenters. The minimum absolute atomic E-state index is 0.117. The number of esters is 1. The van der Waals surface area contributed by atoms with Crippen LogP contribution in [0.3, 0.4) is 0 Å². The summed E-state index contributed by atoms with van der Waals surface area (Å²) in [6.07, 6.45) is 2.35. The third-order valence-electron chi connectivity index (χ3n) is 4.56. The number of hydrogen-bond donors (Lipinski definition) is 1. The molecular formula is C18H21N3O4. The first-order chi connectivity index (χ1) is 12.1. The zero-order valence-corrected chi connectivity index (χ0v) is 14.2. The Morgan fingerprint density at radius 3 is 2.88 bits per heavy atom. The lowest BCUT2D eigenvalue weighted by atomic mass is 9.78. The van der Waals surface area contributed by atoms with E-state index >= 15 is 0 Å². The van der Waals surface area contributed by atoms with Gasteiger partial charge in [-0.3, -0.25) is 4.79 Å². The predicted octanol–water partition coefficient (Wildman–Crippen LogP) is 1.62. The van der Waals surface area contributed by atoms with E-state index in [2.05, 4.69) is 11.4 Å². The minimum Gasteiger partial charge on any atom is -0.490 e. The maximum absolute atomic E-state index is 12.4. The van der Waals surface area contributed by atoms with E-state index in [1.807, 2.05) is 4.90 Å². The van der Waals surface area contributed by atoms with Gasteiger partial charge in [-0.1, -0.05) is 0 Å². The summed E-state index contributed by atoms with van der Waals surface area (Å²) in [5, 5.41) is 12.1. The van der Waals surface area contributed by atoms with E-state index in [4.69, 9.17) is 9.47 Å². The smallest absolute Gasteiger partial charge is 0.338 e. The van der Waals surface area contributed by atoms with Crippen molar-refractivity contribution in [1.82, 2.24) is 5.32 Å². The van der Waals surface area contributed by atoms with Crippen molar-refractivity contribution in [1.29, 1.82) is 5.26 Å². The summed E-state index contributed by atoms with van der Waals surface area (Å²) in [4.78, 5) is 26.2. The zero-order valence-electron chi connectivity index (χ0n) is 14.2. The normalized spacial score (nSPS) is 17.4. The molecule has 1 aliphatic carbocycles. The second kappa shape index (κ2) is 7.01. The van der Waals surface area contributed by atoms with Crippen molar-refractivity contribution in [2.75, 3.05) is 31.2 Å². The van der Waals surface area contributed by atoms with Crippen molar-refractivity contribution >= 4 is 17.6 Å². The molecule has 1 fully saturated rings. The van der Waals surface area contributed by atoms with Crippen molar-refractivity contribution < 1.29 is 19.1 Å². The number of amides is 1. The van der Waals surface area contributed by atoms with Gasteiger partial charge in [-0.2, -0.15) is 5.26 Å². The maximum Gasteiger partial charge on any atom is 0.338 e. The molecule has 25 heavy (non-hydrogen) atoms. The van der Waals surface area contributed by atoms with Crippen molar-refractivity contribution in [3.63, 3.8) is 0 Å². The van der Waals surface area contributed by atoms with Crippen molar-refractivity contribution in [2.45, 2.75) is 31.7 Å². The molecule has 0 saturated heterocycles. The molecule has 7 nitrogen and oxygen atoms in total. The lowest BCUT2D eigenvalue weighted by Crippen LogP contribution is -2.55. The van der Waals surface area contributed by atoms with Gasteiger partial charge in [-0.05, 0) is 44.4 Å². The summed E-state index contributed by atoms with van der Waals surface area (Å²) in [5.74, 6) is 0.0274. The van der Waals surface area contributed by atoms with Crippen molar-refractivity contribution in [3.8, 4) is 11.8 Å². The van der Waals surface area contributed by atoms with E-state index in [1.165, 1.54) is 0 Å². The molecule has 2 aliphatic rings. The highest BCUT2D eigenvalue weighted by atomic mass is 16.5. The highest BCUT2D eigenvalue weighted by molar-refractivity contribution is 5.92. The molecule has 0 bridgehead atoms. The van der Waals surface area contributed by atoms with Gasteiger partial charge in [0, 0.05) is 0 Å². The topological polar surface area (TPSA) is 91.7 Å². The van der Waals surface area contributed by atoms with Crippen LogP contribution in [-0.4, -0.2) is 43.7 Å². The summed E-state index contributed by atoms with van der Waals surface area (Å²) in [7, 11) is 0. The fourth-order valence-electron chi connectivity index (χ4n) is 3.05. The number of carbonyl (C=O) groups excluding carboxylic acids is 2. The highest BCUT2D eigenvalue weighted by Crippen LogP contribution is 2.33.